The molecule has 1 aliphatic rings. The first-order valence-electron chi connectivity index (χ1n) is 8.74. The van der Waals surface area contributed by atoms with Crippen LogP contribution in [-0.2, 0) is 20.6 Å². The van der Waals surface area contributed by atoms with E-state index in [9.17, 15) is 9.59 Å². The summed E-state index contributed by atoms with van der Waals surface area (Å²) in [4.78, 5) is 33.2. The lowest BCUT2D eigenvalue weighted by molar-refractivity contribution is -0.894. The number of fused-ring (bicyclic) bond motifs is 3. The minimum absolute atomic E-state index is 0. The van der Waals surface area contributed by atoms with Crippen LogP contribution in [0.5, 0.6) is 0 Å². The fourth-order valence-electron chi connectivity index (χ4n) is 3.52. The van der Waals surface area contributed by atoms with E-state index in [0.29, 0.717) is 11.2 Å². The lowest BCUT2D eigenvalue weighted by Crippen LogP contribution is -3.12. The van der Waals surface area contributed by atoms with Crippen molar-refractivity contribution in [1.29, 1.82) is 0 Å². The number of nitrogens with one attached hydrogen (secondary N) is 1. The third kappa shape index (κ3) is 3.20. The second-order valence-corrected chi connectivity index (χ2v) is 6.49. The molecular weight excluding hydrogens is 344 g/mol. The molecule has 3 heterocycles. The van der Waals surface area contributed by atoms with Gasteiger partial charge < -0.3 is 26.8 Å². The number of aryl methyl sites for hydroxylation is 2. The zero-order chi connectivity index (χ0) is 17.4. The molecule has 0 radical (unpaired) electrons. The van der Waals surface area contributed by atoms with E-state index in [0.717, 1.165) is 56.2 Å². The molecule has 25 heavy (non-hydrogen) atoms. The van der Waals surface area contributed by atoms with Gasteiger partial charge in [0.15, 0.2) is 11.2 Å². The van der Waals surface area contributed by atoms with Gasteiger partial charge in [0.1, 0.15) is 0 Å². The van der Waals surface area contributed by atoms with Crippen LogP contribution in [0.3, 0.4) is 0 Å². The Balaban J connectivity index is 0.00000225. The van der Waals surface area contributed by atoms with E-state index < -0.39 is 0 Å². The van der Waals surface area contributed by atoms with Gasteiger partial charge in [0.25, 0.3) is 5.56 Å². The molecule has 0 atom stereocenters. The highest BCUT2D eigenvalue weighted by molar-refractivity contribution is 5.74. The molecule has 2 aromatic heterocycles. The van der Waals surface area contributed by atoms with E-state index >= 15 is 0 Å². The maximum atomic E-state index is 12.6. The minimum atomic E-state index is -0.331. The highest BCUT2D eigenvalue weighted by atomic mass is 35.5. The molecule has 0 spiro atoms. The van der Waals surface area contributed by atoms with Crippen molar-refractivity contribution >= 4 is 17.1 Å². The molecule has 140 valence electrons. The van der Waals surface area contributed by atoms with E-state index in [2.05, 4.69) is 23.7 Å². The van der Waals surface area contributed by atoms with Gasteiger partial charge in [-0.1, -0.05) is 0 Å². The van der Waals surface area contributed by atoms with Crippen LogP contribution in [-0.4, -0.2) is 51.4 Å². The van der Waals surface area contributed by atoms with Gasteiger partial charge in [0.2, 0.25) is 5.95 Å². The molecule has 8 nitrogen and oxygen atoms in total. The zero-order valence-electron chi connectivity index (χ0n) is 15.4. The van der Waals surface area contributed by atoms with Crippen LogP contribution in [0.4, 0.5) is 5.95 Å². The smallest absolute Gasteiger partial charge is 0.332 e. The lowest BCUT2D eigenvalue weighted by Gasteiger charge is -2.29. The van der Waals surface area contributed by atoms with Crippen LogP contribution in [0.15, 0.2) is 9.59 Å². The monoisotopic (exact) mass is 370 g/mol. The number of hydrogen-bond acceptors (Lipinski definition) is 4. The predicted octanol–water partition coefficient (Wildman–Crippen LogP) is -4.43. The Morgan fingerprint density at radius 2 is 1.76 bits per heavy atom. The first-order chi connectivity index (χ1) is 11.5. The maximum Gasteiger partial charge on any atom is 0.332 e. The van der Waals surface area contributed by atoms with E-state index in [-0.39, 0.29) is 23.7 Å². The zero-order valence-corrected chi connectivity index (χ0v) is 16.1. The fourth-order valence-corrected chi connectivity index (χ4v) is 3.52. The average Bonchev–Trinajstić information content (AvgIpc) is 2.99. The molecule has 0 amide bonds. The summed E-state index contributed by atoms with van der Waals surface area (Å²) in [5.41, 5.74) is 0.430. The number of imidazole rings is 1. The Hall–Kier alpha value is -1.80. The van der Waals surface area contributed by atoms with Crippen LogP contribution in [0.2, 0.25) is 0 Å². The molecule has 0 unspecified atom stereocenters. The van der Waals surface area contributed by atoms with Crippen molar-refractivity contribution in [2.75, 3.05) is 37.6 Å². The molecule has 0 aliphatic carbocycles. The van der Waals surface area contributed by atoms with Gasteiger partial charge in [0, 0.05) is 27.2 Å². The number of halogens is 1. The number of hydrogen-bond donors (Lipinski definition) is 1. The molecule has 1 N–H and O–H groups in total. The standard InChI is InChI=1S/C16H26N6O2.ClH/c1-5-20(6-2)10-11-21-8-7-9-22-12-13(17-15(21)22)18(3)16(24)19(4)14(12)23;/h5-11H2,1-4H3;1H. The van der Waals surface area contributed by atoms with Crippen LogP contribution >= 0.6 is 0 Å². The molecular formula is C16H27ClN6O2. The third-order valence-electron chi connectivity index (χ3n) is 5.16. The number of rotatable bonds is 5. The molecule has 3 rings (SSSR count). The van der Waals surface area contributed by atoms with E-state index in [1.807, 2.05) is 4.57 Å². The van der Waals surface area contributed by atoms with Crippen molar-refractivity contribution in [3.05, 3.63) is 20.8 Å². The SMILES string of the molecule is CC[NH+](CC)CCN1CCCn2c1nc1c2c(=O)n(C)c(=O)n1C.[Cl-]. The highest BCUT2D eigenvalue weighted by Gasteiger charge is 2.25. The minimum Gasteiger partial charge on any atom is -1.00 e. The summed E-state index contributed by atoms with van der Waals surface area (Å²) in [5.74, 6) is 0.820. The summed E-state index contributed by atoms with van der Waals surface area (Å²) in [6, 6.07) is 0. The Morgan fingerprint density at radius 1 is 1.08 bits per heavy atom. The van der Waals surface area contributed by atoms with Crippen LogP contribution < -0.4 is 33.5 Å². The van der Waals surface area contributed by atoms with Crippen LogP contribution in [0.1, 0.15) is 20.3 Å². The van der Waals surface area contributed by atoms with Gasteiger partial charge in [-0.15, -0.1) is 0 Å². The summed E-state index contributed by atoms with van der Waals surface area (Å²) < 4.78 is 4.62. The molecule has 0 saturated heterocycles. The van der Waals surface area contributed by atoms with Gasteiger partial charge >= 0.3 is 5.69 Å². The number of nitrogens with zero attached hydrogens (tertiary/aromatic N) is 5. The molecule has 0 aromatic carbocycles. The molecule has 0 saturated carbocycles. The van der Waals surface area contributed by atoms with Gasteiger partial charge in [-0.25, -0.2) is 4.79 Å². The number of anilines is 1. The third-order valence-corrected chi connectivity index (χ3v) is 5.16. The van der Waals surface area contributed by atoms with Crippen LogP contribution in [0.25, 0.3) is 11.2 Å². The number of aromatic nitrogens is 4. The summed E-state index contributed by atoms with van der Waals surface area (Å²) >= 11 is 0. The largest absolute Gasteiger partial charge is 1.00 e. The Labute approximate surface area is 153 Å². The highest BCUT2D eigenvalue weighted by Crippen LogP contribution is 2.23. The van der Waals surface area contributed by atoms with Crippen molar-refractivity contribution in [2.24, 2.45) is 14.1 Å². The summed E-state index contributed by atoms with van der Waals surface area (Å²) in [5, 5.41) is 0. The van der Waals surface area contributed by atoms with Gasteiger partial charge in [0.05, 0.1) is 26.2 Å². The van der Waals surface area contributed by atoms with Gasteiger partial charge in [-0.3, -0.25) is 13.9 Å². The molecule has 0 fully saturated rings. The van der Waals surface area contributed by atoms with E-state index in [1.165, 1.54) is 11.6 Å². The number of likely N-dealkylation sites (N-methyl/N-ethyl adjacent to an activating group) is 1. The topological polar surface area (TPSA) is 69.5 Å². The summed E-state index contributed by atoms with van der Waals surface area (Å²) in [6.07, 6.45) is 0.984. The Bertz CT molecular complexity index is 864. The number of quaternary nitrogens is 1. The lowest BCUT2D eigenvalue weighted by atomic mass is 10.3. The van der Waals surface area contributed by atoms with Gasteiger partial charge in [-0.05, 0) is 20.3 Å². The van der Waals surface area contributed by atoms with E-state index in [4.69, 9.17) is 0 Å². The van der Waals surface area contributed by atoms with Gasteiger partial charge in [-0.2, -0.15) is 4.98 Å². The Morgan fingerprint density at radius 3 is 2.40 bits per heavy atom. The van der Waals surface area contributed by atoms with E-state index in [1.54, 1.807) is 11.9 Å². The maximum absolute atomic E-state index is 12.6. The first kappa shape index (κ1) is 19.5. The average molecular weight is 371 g/mol. The van der Waals surface area contributed by atoms with Crippen molar-refractivity contribution in [1.82, 2.24) is 18.7 Å². The van der Waals surface area contributed by atoms with Crippen molar-refractivity contribution in [2.45, 2.75) is 26.8 Å². The molecule has 2 aromatic rings. The fraction of sp³-hybridized carbons (Fsp3) is 0.688. The predicted molar refractivity (Wildman–Crippen MR) is 94.0 cm³/mol. The quantitative estimate of drug-likeness (QED) is 0.577. The Kier molecular flexibility index (Phi) is 5.95. The first-order valence-corrected chi connectivity index (χ1v) is 8.74. The molecule has 0 bridgehead atoms. The van der Waals surface area contributed by atoms with Crippen LogP contribution in [0, 0.1) is 0 Å². The normalized spacial score (nSPS) is 14.0. The molecule has 1 aliphatic heterocycles. The summed E-state index contributed by atoms with van der Waals surface area (Å²) in [6.45, 7) is 10.3. The summed E-state index contributed by atoms with van der Waals surface area (Å²) in [7, 11) is 3.20. The second-order valence-electron chi connectivity index (χ2n) is 6.49. The molecule has 9 heteroatoms. The van der Waals surface area contributed by atoms with Crippen molar-refractivity contribution in [3.63, 3.8) is 0 Å². The second kappa shape index (κ2) is 7.61. The van der Waals surface area contributed by atoms with Crippen molar-refractivity contribution < 1.29 is 17.3 Å². The van der Waals surface area contributed by atoms with Crippen molar-refractivity contribution in [3.8, 4) is 0 Å².